The first-order valence-corrected chi connectivity index (χ1v) is 10.5. The third-order valence-corrected chi connectivity index (χ3v) is 5.23. The summed E-state index contributed by atoms with van der Waals surface area (Å²) in [5.74, 6) is -2.09. The van der Waals surface area contributed by atoms with E-state index in [1.807, 2.05) is 6.07 Å². The predicted octanol–water partition coefficient (Wildman–Crippen LogP) is 3.63. The van der Waals surface area contributed by atoms with Crippen LogP contribution in [0.4, 0.5) is 11.4 Å². The van der Waals surface area contributed by atoms with Gasteiger partial charge in [0.25, 0.3) is 5.91 Å². The fraction of sp³-hybridized carbons (Fsp3) is 0.115. The Labute approximate surface area is 195 Å². The van der Waals surface area contributed by atoms with E-state index in [1.54, 1.807) is 42.5 Å². The average Bonchev–Trinajstić information content (AvgIpc) is 3.21. The molecule has 1 N–H and O–H groups in total. The van der Waals surface area contributed by atoms with Crippen LogP contribution in [-0.2, 0) is 14.3 Å². The zero-order chi connectivity index (χ0) is 24.1. The van der Waals surface area contributed by atoms with Crippen molar-refractivity contribution in [3.05, 3.63) is 95.6 Å². The Bertz CT molecular complexity index is 1250. The maximum absolute atomic E-state index is 12.4. The molecule has 0 unspecified atom stereocenters. The second-order valence-electron chi connectivity index (χ2n) is 7.57. The summed E-state index contributed by atoms with van der Waals surface area (Å²) in [6.07, 6.45) is 0.271. The number of carbonyl (C=O) groups is 5. The average molecular weight is 456 g/mol. The molecule has 0 bridgehead atoms. The van der Waals surface area contributed by atoms with E-state index >= 15 is 0 Å². The van der Waals surface area contributed by atoms with Crippen molar-refractivity contribution in [2.24, 2.45) is 0 Å². The fourth-order valence-corrected chi connectivity index (χ4v) is 3.47. The lowest BCUT2D eigenvalue weighted by atomic mass is 10.1. The number of benzene rings is 3. The number of rotatable bonds is 7. The standard InChI is InChI=1S/C26H20N2O6/c29-22(17-9-11-20(12-10-17)27-25(32)18-5-2-1-3-6-18)16-34-26(33)19-7-4-8-21(15-19)28-23(30)13-14-24(28)31/h1-12,15H,13-14,16H2,(H,27,32). The summed E-state index contributed by atoms with van der Waals surface area (Å²) in [7, 11) is 0. The van der Waals surface area contributed by atoms with Gasteiger partial charge in [-0.2, -0.15) is 0 Å². The molecule has 3 aromatic rings. The van der Waals surface area contributed by atoms with Crippen LogP contribution in [0.2, 0.25) is 0 Å². The highest BCUT2D eigenvalue weighted by atomic mass is 16.5. The molecule has 8 heteroatoms. The molecule has 0 radical (unpaired) electrons. The minimum absolute atomic E-state index is 0.122. The molecule has 4 rings (SSSR count). The first-order chi connectivity index (χ1) is 16.4. The molecule has 0 atom stereocenters. The molecule has 1 aliphatic rings. The van der Waals surface area contributed by atoms with Gasteiger partial charge >= 0.3 is 5.97 Å². The van der Waals surface area contributed by atoms with E-state index in [-0.39, 0.29) is 36.1 Å². The van der Waals surface area contributed by atoms with Crippen molar-refractivity contribution in [3.8, 4) is 0 Å². The Morgan fingerprint density at radius 3 is 2.09 bits per heavy atom. The van der Waals surface area contributed by atoms with Crippen LogP contribution in [0.3, 0.4) is 0 Å². The van der Waals surface area contributed by atoms with E-state index in [1.165, 1.54) is 30.3 Å². The highest BCUT2D eigenvalue weighted by Crippen LogP contribution is 2.23. The van der Waals surface area contributed by atoms with E-state index in [4.69, 9.17) is 4.74 Å². The summed E-state index contributed by atoms with van der Waals surface area (Å²) in [4.78, 5) is 61.9. The number of anilines is 2. The minimum Gasteiger partial charge on any atom is -0.454 e. The van der Waals surface area contributed by atoms with Gasteiger partial charge in [0.1, 0.15) is 0 Å². The quantitative estimate of drug-likeness (QED) is 0.330. The summed E-state index contributed by atoms with van der Waals surface area (Å²) in [6.45, 7) is -0.486. The molecule has 0 spiro atoms. The number of amides is 3. The van der Waals surface area contributed by atoms with Gasteiger partial charge in [-0.25, -0.2) is 4.79 Å². The van der Waals surface area contributed by atoms with Crippen LogP contribution in [-0.4, -0.2) is 36.1 Å². The van der Waals surface area contributed by atoms with Crippen molar-refractivity contribution in [2.75, 3.05) is 16.8 Å². The van der Waals surface area contributed by atoms with Gasteiger partial charge in [-0.05, 0) is 54.6 Å². The molecule has 3 amide bonds. The van der Waals surface area contributed by atoms with Gasteiger partial charge < -0.3 is 10.1 Å². The lowest BCUT2D eigenvalue weighted by Crippen LogP contribution is -2.28. The van der Waals surface area contributed by atoms with Crippen molar-refractivity contribution >= 4 is 40.8 Å². The maximum Gasteiger partial charge on any atom is 0.338 e. The van der Waals surface area contributed by atoms with E-state index in [9.17, 15) is 24.0 Å². The van der Waals surface area contributed by atoms with Gasteiger partial charge in [0.05, 0.1) is 11.3 Å². The highest BCUT2D eigenvalue weighted by molar-refractivity contribution is 6.20. The number of ether oxygens (including phenoxy) is 1. The second kappa shape index (κ2) is 9.91. The number of esters is 1. The number of nitrogens with zero attached hydrogens (tertiary/aromatic N) is 1. The monoisotopic (exact) mass is 456 g/mol. The minimum atomic E-state index is -0.749. The number of carbonyl (C=O) groups excluding carboxylic acids is 5. The Kier molecular flexibility index (Phi) is 6.59. The number of hydrogen-bond acceptors (Lipinski definition) is 6. The summed E-state index contributed by atoms with van der Waals surface area (Å²) in [6, 6.07) is 20.9. The molecule has 1 fully saturated rings. The molecule has 1 saturated heterocycles. The van der Waals surface area contributed by atoms with E-state index < -0.39 is 18.4 Å². The number of nitrogens with one attached hydrogen (secondary N) is 1. The van der Waals surface area contributed by atoms with Gasteiger partial charge in [0.2, 0.25) is 11.8 Å². The number of Topliss-reactive ketones (excluding diaryl/α,β-unsaturated/α-hetero) is 1. The van der Waals surface area contributed by atoms with Gasteiger partial charge in [-0.1, -0.05) is 24.3 Å². The lowest BCUT2D eigenvalue weighted by Gasteiger charge is -2.14. The van der Waals surface area contributed by atoms with Crippen molar-refractivity contribution in [2.45, 2.75) is 12.8 Å². The van der Waals surface area contributed by atoms with E-state index in [2.05, 4.69) is 5.32 Å². The molecule has 0 aromatic heterocycles. The molecule has 3 aromatic carbocycles. The van der Waals surface area contributed by atoms with E-state index in [0.29, 0.717) is 22.5 Å². The number of imide groups is 1. The predicted molar refractivity (Wildman–Crippen MR) is 124 cm³/mol. The van der Waals surface area contributed by atoms with Crippen LogP contribution < -0.4 is 10.2 Å². The highest BCUT2D eigenvalue weighted by Gasteiger charge is 2.30. The number of ketones is 1. The van der Waals surface area contributed by atoms with Gasteiger partial charge in [0.15, 0.2) is 12.4 Å². The Hall–Kier alpha value is -4.59. The van der Waals surface area contributed by atoms with E-state index in [0.717, 1.165) is 4.90 Å². The van der Waals surface area contributed by atoms with Crippen LogP contribution in [0.15, 0.2) is 78.9 Å². The van der Waals surface area contributed by atoms with Crippen molar-refractivity contribution < 1.29 is 28.7 Å². The van der Waals surface area contributed by atoms with Crippen molar-refractivity contribution in [1.29, 1.82) is 0 Å². The topological polar surface area (TPSA) is 110 Å². The third-order valence-electron chi connectivity index (χ3n) is 5.23. The largest absolute Gasteiger partial charge is 0.454 e. The van der Waals surface area contributed by atoms with Crippen LogP contribution in [0.1, 0.15) is 43.9 Å². The molecule has 8 nitrogen and oxygen atoms in total. The molecule has 0 aliphatic carbocycles. The normalized spacial score (nSPS) is 13.0. The van der Waals surface area contributed by atoms with Gasteiger partial charge in [-0.15, -0.1) is 0 Å². The Morgan fingerprint density at radius 2 is 1.41 bits per heavy atom. The van der Waals surface area contributed by atoms with Gasteiger partial charge in [-0.3, -0.25) is 24.1 Å². The first-order valence-electron chi connectivity index (χ1n) is 10.5. The van der Waals surface area contributed by atoms with Crippen LogP contribution in [0, 0.1) is 0 Å². The van der Waals surface area contributed by atoms with Crippen molar-refractivity contribution in [1.82, 2.24) is 0 Å². The summed E-state index contributed by atoms with van der Waals surface area (Å²) in [5, 5.41) is 2.74. The van der Waals surface area contributed by atoms with Crippen LogP contribution in [0.5, 0.6) is 0 Å². The molecular weight excluding hydrogens is 436 g/mol. The van der Waals surface area contributed by atoms with Crippen LogP contribution >= 0.6 is 0 Å². The Morgan fingerprint density at radius 1 is 0.765 bits per heavy atom. The lowest BCUT2D eigenvalue weighted by molar-refractivity contribution is -0.121. The summed E-state index contributed by atoms with van der Waals surface area (Å²) in [5.41, 5.74) is 1.76. The van der Waals surface area contributed by atoms with Crippen molar-refractivity contribution in [3.63, 3.8) is 0 Å². The first kappa shape index (κ1) is 22.6. The van der Waals surface area contributed by atoms with Gasteiger partial charge in [0, 0.05) is 29.7 Å². The maximum atomic E-state index is 12.4. The Balaban J connectivity index is 1.34. The molecule has 0 saturated carbocycles. The molecule has 1 heterocycles. The molecular formula is C26H20N2O6. The number of hydrogen-bond donors (Lipinski definition) is 1. The molecule has 34 heavy (non-hydrogen) atoms. The third kappa shape index (κ3) is 5.07. The SMILES string of the molecule is O=C(COC(=O)c1cccc(N2C(=O)CCC2=O)c1)c1ccc(NC(=O)c2ccccc2)cc1. The molecule has 170 valence electrons. The van der Waals surface area contributed by atoms with Crippen LogP contribution in [0.25, 0.3) is 0 Å². The zero-order valence-electron chi connectivity index (χ0n) is 18.0. The zero-order valence-corrected chi connectivity index (χ0v) is 18.0. The summed E-state index contributed by atoms with van der Waals surface area (Å²) < 4.78 is 5.12. The summed E-state index contributed by atoms with van der Waals surface area (Å²) >= 11 is 0. The molecule has 1 aliphatic heterocycles. The fourth-order valence-electron chi connectivity index (χ4n) is 3.47. The smallest absolute Gasteiger partial charge is 0.338 e. The second-order valence-corrected chi connectivity index (χ2v) is 7.57.